The topological polar surface area (TPSA) is 64.1 Å². The Bertz CT molecular complexity index is 714. The summed E-state index contributed by atoms with van der Waals surface area (Å²) in [6.07, 6.45) is 12.9. The number of Topliss-reactive ketones (excluding diaryl/α,β-unsaturated/α-hetero) is 1. The van der Waals surface area contributed by atoms with Gasteiger partial charge in [0.25, 0.3) is 0 Å². The molecule has 2 rings (SSSR count). The first-order chi connectivity index (χ1) is 12.0. The smallest absolute Gasteiger partial charge is 0.223 e. The van der Waals surface area contributed by atoms with Crippen LogP contribution in [0.2, 0.25) is 0 Å². The number of allylic oxidation sites excluding steroid dienone is 4. The minimum absolute atomic E-state index is 0.190. The zero-order valence-corrected chi connectivity index (χ0v) is 14.9. The number of rotatable bonds is 8. The quantitative estimate of drug-likeness (QED) is 0.433. The molecule has 0 bridgehead atoms. The van der Waals surface area contributed by atoms with Gasteiger partial charge in [-0.05, 0) is 38.0 Å². The van der Waals surface area contributed by atoms with Gasteiger partial charge in [-0.3, -0.25) is 4.79 Å². The number of ether oxygens (including phenoxy) is 1. The molecule has 0 aromatic carbocycles. The lowest BCUT2D eigenvalue weighted by Gasteiger charge is -2.13. The van der Waals surface area contributed by atoms with Crippen LogP contribution in [0, 0.1) is 6.92 Å². The van der Waals surface area contributed by atoms with Gasteiger partial charge >= 0.3 is 0 Å². The van der Waals surface area contributed by atoms with Gasteiger partial charge in [0.2, 0.25) is 5.95 Å². The Balaban J connectivity index is 2.20. The van der Waals surface area contributed by atoms with E-state index in [0.29, 0.717) is 17.7 Å². The van der Waals surface area contributed by atoms with Crippen molar-refractivity contribution in [3.8, 4) is 0 Å². The summed E-state index contributed by atoms with van der Waals surface area (Å²) in [7, 11) is 0. The highest BCUT2D eigenvalue weighted by molar-refractivity contribution is 5.96. The summed E-state index contributed by atoms with van der Waals surface area (Å²) in [5.74, 6) is 1.10. The van der Waals surface area contributed by atoms with E-state index < -0.39 is 0 Å². The van der Waals surface area contributed by atoms with Crippen LogP contribution in [0.1, 0.15) is 43.9 Å². The molecule has 1 heterocycles. The Hall–Kier alpha value is -2.69. The van der Waals surface area contributed by atoms with Crippen LogP contribution in [0.3, 0.4) is 0 Å². The number of hydrogen-bond acceptors (Lipinski definition) is 5. The molecule has 132 valence electrons. The largest absolute Gasteiger partial charge is 0.454 e. The summed E-state index contributed by atoms with van der Waals surface area (Å²) in [6, 6.07) is 0.455. The van der Waals surface area contributed by atoms with Gasteiger partial charge in [0.1, 0.15) is 5.76 Å². The molecule has 5 nitrogen and oxygen atoms in total. The maximum atomic E-state index is 11.9. The molecule has 0 atom stereocenters. The van der Waals surface area contributed by atoms with Crippen LogP contribution in [-0.4, -0.2) is 21.8 Å². The van der Waals surface area contributed by atoms with Crippen LogP contribution >= 0.6 is 0 Å². The maximum absolute atomic E-state index is 11.9. The van der Waals surface area contributed by atoms with E-state index in [1.807, 2.05) is 6.92 Å². The summed E-state index contributed by atoms with van der Waals surface area (Å²) in [4.78, 5) is 20.7. The Labute approximate surface area is 149 Å². The van der Waals surface area contributed by atoms with E-state index in [-0.39, 0.29) is 11.5 Å². The van der Waals surface area contributed by atoms with E-state index in [2.05, 4.69) is 28.4 Å². The molecule has 0 aliphatic heterocycles. The van der Waals surface area contributed by atoms with Crippen molar-refractivity contribution in [2.75, 3.05) is 5.32 Å². The van der Waals surface area contributed by atoms with Gasteiger partial charge < -0.3 is 10.1 Å². The standard InChI is InChI=1S/C20H25N3O2/c1-5-9-18(6-2)25-19(15(4)24)12-16-13-21-20(22-14(16)3)23-17-10-7-8-11-17/h5-6,9,12-13,17H,1-2,7-8,10-11H2,3-4H3,(H,21,22,23)/b18-9+,19-12+. The van der Waals surface area contributed by atoms with Gasteiger partial charge in [0.15, 0.2) is 11.5 Å². The third kappa shape index (κ3) is 5.41. The lowest BCUT2D eigenvalue weighted by Crippen LogP contribution is -2.17. The second-order valence-corrected chi connectivity index (χ2v) is 6.04. The molecule has 0 amide bonds. The molecule has 25 heavy (non-hydrogen) atoms. The molecular formula is C20H25N3O2. The lowest BCUT2D eigenvalue weighted by molar-refractivity contribution is -0.116. The van der Waals surface area contributed by atoms with Crippen LogP contribution < -0.4 is 5.32 Å². The van der Waals surface area contributed by atoms with Crippen LogP contribution in [-0.2, 0) is 9.53 Å². The summed E-state index contributed by atoms with van der Waals surface area (Å²) in [5.41, 5.74) is 1.52. The van der Waals surface area contributed by atoms with E-state index in [1.165, 1.54) is 25.8 Å². The number of hydrogen-bond donors (Lipinski definition) is 1. The number of carbonyl (C=O) groups excluding carboxylic acids is 1. The van der Waals surface area contributed by atoms with Crippen molar-refractivity contribution in [3.63, 3.8) is 0 Å². The monoisotopic (exact) mass is 339 g/mol. The zero-order chi connectivity index (χ0) is 18.2. The molecule has 1 aromatic heterocycles. The number of nitrogens with zero attached hydrogens (tertiary/aromatic N) is 2. The molecule has 1 N–H and O–H groups in total. The summed E-state index contributed by atoms with van der Waals surface area (Å²) in [6.45, 7) is 10.6. The molecule has 5 heteroatoms. The molecule has 0 radical (unpaired) electrons. The fourth-order valence-corrected chi connectivity index (χ4v) is 2.67. The minimum atomic E-state index is -0.190. The van der Waals surface area contributed by atoms with Crippen molar-refractivity contribution >= 4 is 17.8 Å². The van der Waals surface area contributed by atoms with Crippen molar-refractivity contribution < 1.29 is 9.53 Å². The van der Waals surface area contributed by atoms with Gasteiger partial charge in [-0.15, -0.1) is 0 Å². The number of nitrogens with one attached hydrogen (secondary N) is 1. The Morgan fingerprint density at radius 2 is 2.08 bits per heavy atom. The predicted octanol–water partition coefficient (Wildman–Crippen LogP) is 4.34. The Morgan fingerprint density at radius 1 is 1.36 bits per heavy atom. The predicted molar refractivity (Wildman–Crippen MR) is 101 cm³/mol. The van der Waals surface area contributed by atoms with Crippen LogP contribution in [0.25, 0.3) is 6.08 Å². The van der Waals surface area contributed by atoms with Gasteiger partial charge in [0.05, 0.1) is 5.69 Å². The van der Waals surface area contributed by atoms with Crippen LogP contribution in [0.15, 0.2) is 49.1 Å². The maximum Gasteiger partial charge on any atom is 0.223 e. The fraction of sp³-hybridized carbons (Fsp3) is 0.350. The van der Waals surface area contributed by atoms with Gasteiger partial charge in [-0.2, -0.15) is 0 Å². The SMILES string of the molecule is C=C/C=C(\C=C)O/C(=C/c1cnc(NC2CCCC2)nc1C)C(C)=O. The number of aryl methyl sites for hydroxylation is 1. The van der Waals surface area contributed by atoms with E-state index in [4.69, 9.17) is 4.74 Å². The van der Waals surface area contributed by atoms with Crippen LogP contribution in [0.4, 0.5) is 5.95 Å². The third-order valence-electron chi connectivity index (χ3n) is 4.05. The average molecular weight is 339 g/mol. The molecule has 1 aromatic rings. The third-order valence-corrected chi connectivity index (χ3v) is 4.05. The fourth-order valence-electron chi connectivity index (χ4n) is 2.67. The first-order valence-electron chi connectivity index (χ1n) is 8.49. The molecule has 1 aliphatic carbocycles. The highest BCUT2D eigenvalue weighted by Crippen LogP contribution is 2.21. The number of ketones is 1. The summed E-state index contributed by atoms with van der Waals surface area (Å²) >= 11 is 0. The van der Waals surface area contributed by atoms with E-state index in [0.717, 1.165) is 24.1 Å². The highest BCUT2D eigenvalue weighted by Gasteiger charge is 2.16. The molecule has 0 unspecified atom stereocenters. The molecule has 1 saturated carbocycles. The van der Waals surface area contributed by atoms with Crippen molar-refractivity contribution in [1.29, 1.82) is 0 Å². The van der Waals surface area contributed by atoms with E-state index in [9.17, 15) is 4.79 Å². The first kappa shape index (κ1) is 18.6. The van der Waals surface area contributed by atoms with E-state index >= 15 is 0 Å². The lowest BCUT2D eigenvalue weighted by atomic mass is 10.2. The van der Waals surface area contributed by atoms with Gasteiger partial charge in [-0.1, -0.05) is 32.1 Å². The normalized spacial score (nSPS) is 15.8. The Morgan fingerprint density at radius 3 is 2.64 bits per heavy atom. The number of anilines is 1. The highest BCUT2D eigenvalue weighted by atomic mass is 16.5. The van der Waals surface area contributed by atoms with Crippen molar-refractivity contribution in [1.82, 2.24) is 9.97 Å². The first-order valence-corrected chi connectivity index (χ1v) is 8.49. The van der Waals surface area contributed by atoms with Crippen molar-refractivity contribution in [3.05, 3.63) is 60.4 Å². The molecule has 1 aliphatic rings. The second-order valence-electron chi connectivity index (χ2n) is 6.04. The van der Waals surface area contributed by atoms with Crippen LogP contribution in [0.5, 0.6) is 0 Å². The number of carbonyl (C=O) groups is 1. The average Bonchev–Trinajstić information content (AvgIpc) is 3.08. The molecule has 0 spiro atoms. The Kier molecular flexibility index (Phi) is 6.69. The zero-order valence-electron chi connectivity index (χ0n) is 14.9. The molecular weight excluding hydrogens is 314 g/mol. The van der Waals surface area contributed by atoms with Gasteiger partial charge in [-0.25, -0.2) is 9.97 Å². The minimum Gasteiger partial charge on any atom is -0.454 e. The van der Waals surface area contributed by atoms with Crippen molar-refractivity contribution in [2.24, 2.45) is 0 Å². The summed E-state index contributed by atoms with van der Waals surface area (Å²) in [5, 5.41) is 3.37. The molecule has 1 fully saturated rings. The number of aromatic nitrogens is 2. The van der Waals surface area contributed by atoms with E-state index in [1.54, 1.807) is 24.4 Å². The van der Waals surface area contributed by atoms with Gasteiger partial charge in [0, 0.05) is 24.7 Å². The summed E-state index contributed by atoms with van der Waals surface area (Å²) < 4.78 is 5.61. The second kappa shape index (κ2) is 8.97. The molecule has 0 saturated heterocycles. The van der Waals surface area contributed by atoms with Crippen molar-refractivity contribution in [2.45, 2.75) is 45.6 Å².